The lowest BCUT2D eigenvalue weighted by Gasteiger charge is -2.35. The summed E-state index contributed by atoms with van der Waals surface area (Å²) in [4.78, 5) is 14.4. The standard InChI is InChI=1S/C21H37N5/c1-3-18(4-2)16-25-13-9-10-19(17-25)23-21-22-12-11-20(24-21)26-14-7-5-6-8-15-26/h11-12,18-19H,3-10,13-17H2,1-2H3,(H,22,23,24). The van der Waals surface area contributed by atoms with Gasteiger partial charge in [0.2, 0.25) is 5.95 Å². The van der Waals surface area contributed by atoms with Gasteiger partial charge < -0.3 is 15.1 Å². The van der Waals surface area contributed by atoms with Crippen molar-refractivity contribution in [3.05, 3.63) is 12.3 Å². The predicted molar refractivity (Wildman–Crippen MR) is 110 cm³/mol. The Labute approximate surface area is 159 Å². The summed E-state index contributed by atoms with van der Waals surface area (Å²) in [6.07, 6.45) is 12.2. The Kier molecular flexibility index (Phi) is 7.54. The number of hydrogen-bond donors (Lipinski definition) is 1. The molecule has 1 aromatic heterocycles. The van der Waals surface area contributed by atoms with Gasteiger partial charge in [0, 0.05) is 38.4 Å². The van der Waals surface area contributed by atoms with Crippen LogP contribution in [0.25, 0.3) is 0 Å². The van der Waals surface area contributed by atoms with Crippen molar-refractivity contribution in [2.24, 2.45) is 5.92 Å². The van der Waals surface area contributed by atoms with Crippen LogP contribution in [0, 0.1) is 5.92 Å². The molecule has 0 saturated carbocycles. The number of likely N-dealkylation sites (tertiary alicyclic amines) is 1. The largest absolute Gasteiger partial charge is 0.356 e. The minimum atomic E-state index is 0.470. The van der Waals surface area contributed by atoms with Crippen molar-refractivity contribution in [3.63, 3.8) is 0 Å². The highest BCUT2D eigenvalue weighted by molar-refractivity contribution is 5.43. The van der Waals surface area contributed by atoms with E-state index in [4.69, 9.17) is 4.98 Å². The van der Waals surface area contributed by atoms with Crippen molar-refractivity contribution in [1.82, 2.24) is 14.9 Å². The monoisotopic (exact) mass is 359 g/mol. The van der Waals surface area contributed by atoms with E-state index in [1.54, 1.807) is 0 Å². The average Bonchev–Trinajstić information content (AvgIpc) is 2.96. The van der Waals surface area contributed by atoms with Crippen LogP contribution in [0.2, 0.25) is 0 Å². The van der Waals surface area contributed by atoms with Gasteiger partial charge >= 0.3 is 0 Å². The first-order chi connectivity index (χ1) is 12.8. The van der Waals surface area contributed by atoms with Crippen LogP contribution in [-0.2, 0) is 0 Å². The molecule has 0 bridgehead atoms. The fourth-order valence-corrected chi connectivity index (χ4v) is 4.33. The lowest BCUT2D eigenvalue weighted by atomic mass is 9.99. The molecule has 2 aliphatic rings. The van der Waals surface area contributed by atoms with Crippen LogP contribution < -0.4 is 10.2 Å². The molecule has 1 N–H and O–H groups in total. The molecule has 2 fully saturated rings. The molecule has 1 unspecified atom stereocenters. The molecule has 2 saturated heterocycles. The first-order valence-electron chi connectivity index (χ1n) is 10.8. The summed E-state index contributed by atoms with van der Waals surface area (Å²) in [6.45, 7) is 10.5. The Bertz CT molecular complexity index is 523. The van der Waals surface area contributed by atoms with Gasteiger partial charge in [0.05, 0.1) is 0 Å². The quantitative estimate of drug-likeness (QED) is 0.791. The molecule has 5 heteroatoms. The first-order valence-corrected chi connectivity index (χ1v) is 10.8. The maximum absolute atomic E-state index is 4.84. The minimum Gasteiger partial charge on any atom is -0.356 e. The molecule has 146 valence electrons. The summed E-state index contributed by atoms with van der Waals surface area (Å²) in [5.41, 5.74) is 0. The lowest BCUT2D eigenvalue weighted by Crippen LogP contribution is -2.44. The smallest absolute Gasteiger partial charge is 0.224 e. The Morgan fingerprint density at radius 3 is 2.58 bits per heavy atom. The van der Waals surface area contributed by atoms with Crippen LogP contribution >= 0.6 is 0 Å². The van der Waals surface area contributed by atoms with Gasteiger partial charge in [0.25, 0.3) is 0 Å². The molecule has 0 spiro atoms. The molecule has 0 radical (unpaired) electrons. The summed E-state index contributed by atoms with van der Waals surface area (Å²) >= 11 is 0. The second-order valence-electron chi connectivity index (χ2n) is 8.07. The molecule has 3 rings (SSSR count). The zero-order chi connectivity index (χ0) is 18.2. The van der Waals surface area contributed by atoms with Crippen LogP contribution in [-0.4, -0.2) is 53.6 Å². The van der Waals surface area contributed by atoms with Gasteiger partial charge in [-0.3, -0.25) is 0 Å². The number of rotatable bonds is 7. The third-order valence-electron chi connectivity index (χ3n) is 6.08. The number of aromatic nitrogens is 2. The van der Waals surface area contributed by atoms with Gasteiger partial charge in [0.15, 0.2) is 0 Å². The molecular formula is C21H37N5. The molecule has 1 atom stereocenters. The highest BCUT2D eigenvalue weighted by Crippen LogP contribution is 2.20. The highest BCUT2D eigenvalue weighted by Gasteiger charge is 2.22. The van der Waals surface area contributed by atoms with Gasteiger partial charge in [-0.05, 0) is 44.2 Å². The Morgan fingerprint density at radius 2 is 1.85 bits per heavy atom. The van der Waals surface area contributed by atoms with Crippen LogP contribution in [0.3, 0.4) is 0 Å². The van der Waals surface area contributed by atoms with E-state index < -0.39 is 0 Å². The highest BCUT2D eigenvalue weighted by atomic mass is 15.2. The summed E-state index contributed by atoms with van der Waals surface area (Å²) < 4.78 is 0. The molecule has 2 aliphatic heterocycles. The predicted octanol–water partition coefficient (Wildman–Crippen LogP) is 4.17. The van der Waals surface area contributed by atoms with Crippen LogP contribution in [0.4, 0.5) is 11.8 Å². The van der Waals surface area contributed by atoms with E-state index in [-0.39, 0.29) is 0 Å². The number of nitrogens with one attached hydrogen (secondary N) is 1. The van der Waals surface area contributed by atoms with Gasteiger partial charge in [-0.15, -0.1) is 0 Å². The SMILES string of the molecule is CCC(CC)CN1CCCC(Nc2nccc(N3CCCCCC3)n2)C1. The van der Waals surface area contributed by atoms with E-state index >= 15 is 0 Å². The van der Waals surface area contributed by atoms with Crippen molar-refractivity contribution < 1.29 is 0 Å². The molecule has 3 heterocycles. The Morgan fingerprint density at radius 1 is 1.08 bits per heavy atom. The van der Waals surface area contributed by atoms with E-state index in [0.29, 0.717) is 6.04 Å². The zero-order valence-corrected chi connectivity index (χ0v) is 16.8. The van der Waals surface area contributed by atoms with Gasteiger partial charge in [-0.1, -0.05) is 39.5 Å². The van der Waals surface area contributed by atoms with E-state index in [2.05, 4.69) is 40.0 Å². The maximum Gasteiger partial charge on any atom is 0.224 e. The minimum absolute atomic E-state index is 0.470. The van der Waals surface area contributed by atoms with E-state index in [0.717, 1.165) is 37.3 Å². The topological polar surface area (TPSA) is 44.3 Å². The average molecular weight is 360 g/mol. The summed E-state index contributed by atoms with van der Waals surface area (Å²) in [5.74, 6) is 2.73. The van der Waals surface area contributed by atoms with Gasteiger partial charge in [-0.2, -0.15) is 4.98 Å². The lowest BCUT2D eigenvalue weighted by molar-refractivity contribution is 0.181. The van der Waals surface area contributed by atoms with Crippen molar-refractivity contribution in [2.45, 2.75) is 71.3 Å². The van der Waals surface area contributed by atoms with Crippen molar-refractivity contribution in [3.8, 4) is 0 Å². The third kappa shape index (κ3) is 5.57. The van der Waals surface area contributed by atoms with Crippen LogP contribution in [0.1, 0.15) is 65.2 Å². The summed E-state index contributed by atoms with van der Waals surface area (Å²) in [6, 6.07) is 2.54. The van der Waals surface area contributed by atoms with Crippen LogP contribution in [0.5, 0.6) is 0 Å². The van der Waals surface area contributed by atoms with Crippen molar-refractivity contribution >= 4 is 11.8 Å². The second-order valence-corrected chi connectivity index (χ2v) is 8.07. The molecule has 0 aliphatic carbocycles. The number of piperidine rings is 1. The fourth-order valence-electron chi connectivity index (χ4n) is 4.33. The van der Waals surface area contributed by atoms with Crippen molar-refractivity contribution in [2.75, 3.05) is 42.9 Å². The van der Waals surface area contributed by atoms with Crippen LogP contribution in [0.15, 0.2) is 12.3 Å². The molecule has 0 aromatic carbocycles. The molecule has 5 nitrogen and oxygen atoms in total. The van der Waals surface area contributed by atoms with Gasteiger partial charge in [-0.25, -0.2) is 4.98 Å². The zero-order valence-electron chi connectivity index (χ0n) is 16.8. The second kappa shape index (κ2) is 10.1. The number of anilines is 2. The van der Waals surface area contributed by atoms with Crippen molar-refractivity contribution in [1.29, 1.82) is 0 Å². The van der Waals surface area contributed by atoms with E-state index in [9.17, 15) is 0 Å². The normalized spacial score (nSPS) is 22.4. The Hall–Kier alpha value is -1.36. The maximum atomic E-state index is 4.84. The molecular weight excluding hydrogens is 322 g/mol. The molecule has 1 aromatic rings. The first kappa shape index (κ1) is 19.4. The summed E-state index contributed by atoms with van der Waals surface area (Å²) in [5, 5.41) is 3.62. The third-order valence-corrected chi connectivity index (χ3v) is 6.08. The van der Waals surface area contributed by atoms with E-state index in [1.165, 1.54) is 64.5 Å². The number of nitrogens with zero attached hydrogens (tertiary/aromatic N) is 4. The van der Waals surface area contributed by atoms with Gasteiger partial charge in [0.1, 0.15) is 5.82 Å². The van der Waals surface area contributed by atoms with E-state index in [1.807, 2.05) is 6.20 Å². The Balaban J connectivity index is 1.57. The summed E-state index contributed by atoms with van der Waals surface area (Å²) in [7, 11) is 0. The molecule has 0 amide bonds. The molecule has 26 heavy (non-hydrogen) atoms. The fraction of sp³-hybridized carbons (Fsp3) is 0.810. The number of hydrogen-bond acceptors (Lipinski definition) is 5.